The van der Waals surface area contributed by atoms with Crippen molar-refractivity contribution in [2.75, 3.05) is 11.1 Å². The fraction of sp³-hybridized carbons (Fsp3) is 0.353. The standard InChI is InChI=1S/C17H19F2N3O4S/c1-10-7-14(22-26-10)21-16(24)11(2)27-9-15(23)20-8-12-3-5-13(6-4-12)25-17(18)19/h3-7,11,17H,8-9H2,1-2H3,(H,20,23)(H,21,22,24)/t11-/m1/s1. The van der Waals surface area contributed by atoms with Gasteiger partial charge in [0.05, 0.1) is 11.0 Å². The number of aromatic nitrogens is 1. The SMILES string of the molecule is Cc1cc(NC(=O)[C@@H](C)SCC(=O)NCc2ccc(OC(F)F)cc2)no1. The molecule has 10 heteroatoms. The minimum Gasteiger partial charge on any atom is -0.435 e. The van der Waals surface area contributed by atoms with Gasteiger partial charge in [-0.2, -0.15) is 8.78 Å². The van der Waals surface area contributed by atoms with E-state index in [9.17, 15) is 18.4 Å². The van der Waals surface area contributed by atoms with Crippen molar-refractivity contribution < 1.29 is 27.6 Å². The van der Waals surface area contributed by atoms with Crippen molar-refractivity contribution in [3.63, 3.8) is 0 Å². The van der Waals surface area contributed by atoms with E-state index in [0.717, 1.165) is 5.56 Å². The Morgan fingerprint density at radius 1 is 1.30 bits per heavy atom. The summed E-state index contributed by atoms with van der Waals surface area (Å²) in [6, 6.07) is 7.57. The summed E-state index contributed by atoms with van der Waals surface area (Å²) in [5, 5.41) is 8.51. The summed E-state index contributed by atoms with van der Waals surface area (Å²) in [6.07, 6.45) is 0. The molecule has 2 N–H and O–H groups in total. The van der Waals surface area contributed by atoms with Gasteiger partial charge < -0.3 is 19.9 Å². The maximum atomic E-state index is 12.1. The lowest BCUT2D eigenvalue weighted by molar-refractivity contribution is -0.118. The summed E-state index contributed by atoms with van der Waals surface area (Å²) in [4.78, 5) is 23.9. The molecule has 0 bridgehead atoms. The molecule has 0 saturated carbocycles. The summed E-state index contributed by atoms with van der Waals surface area (Å²) in [6.45, 7) is 0.764. The molecule has 1 aromatic heterocycles. The van der Waals surface area contributed by atoms with Crippen molar-refractivity contribution in [3.8, 4) is 5.75 Å². The average molecular weight is 399 g/mol. The zero-order valence-electron chi connectivity index (χ0n) is 14.7. The second-order valence-electron chi connectivity index (χ2n) is 5.56. The molecule has 0 fully saturated rings. The second kappa shape index (κ2) is 9.91. The lowest BCUT2D eigenvalue weighted by atomic mass is 10.2. The van der Waals surface area contributed by atoms with Gasteiger partial charge in [-0.25, -0.2) is 0 Å². The van der Waals surface area contributed by atoms with Crippen LogP contribution in [-0.2, 0) is 16.1 Å². The fourth-order valence-electron chi connectivity index (χ4n) is 1.97. The highest BCUT2D eigenvalue weighted by atomic mass is 32.2. The van der Waals surface area contributed by atoms with Crippen LogP contribution >= 0.6 is 11.8 Å². The minimum absolute atomic E-state index is 0.0535. The number of rotatable bonds is 9. The summed E-state index contributed by atoms with van der Waals surface area (Å²) < 4.78 is 33.3. The maximum absolute atomic E-state index is 12.1. The molecule has 0 aliphatic heterocycles. The number of nitrogens with one attached hydrogen (secondary N) is 2. The summed E-state index contributed by atoms with van der Waals surface area (Å²) in [7, 11) is 0. The first kappa shape index (κ1) is 20.7. The van der Waals surface area contributed by atoms with Crippen molar-refractivity contribution >= 4 is 29.4 Å². The number of carbonyl (C=O) groups excluding carboxylic acids is 2. The Morgan fingerprint density at radius 3 is 2.59 bits per heavy atom. The second-order valence-corrected chi connectivity index (χ2v) is 6.89. The van der Waals surface area contributed by atoms with Crippen molar-refractivity contribution in [2.24, 2.45) is 0 Å². The molecule has 2 amide bonds. The van der Waals surface area contributed by atoms with E-state index < -0.39 is 11.9 Å². The monoisotopic (exact) mass is 399 g/mol. The molecule has 0 aliphatic carbocycles. The smallest absolute Gasteiger partial charge is 0.387 e. The number of hydrogen-bond acceptors (Lipinski definition) is 6. The molecule has 0 aliphatic rings. The van der Waals surface area contributed by atoms with Gasteiger partial charge in [-0.3, -0.25) is 9.59 Å². The maximum Gasteiger partial charge on any atom is 0.387 e. The predicted molar refractivity (Wildman–Crippen MR) is 96.7 cm³/mol. The lowest BCUT2D eigenvalue weighted by Crippen LogP contribution is -2.28. The molecule has 27 heavy (non-hydrogen) atoms. The van der Waals surface area contributed by atoms with E-state index in [0.29, 0.717) is 11.6 Å². The molecular weight excluding hydrogens is 380 g/mol. The Labute approximate surface area is 158 Å². The number of ether oxygens (including phenoxy) is 1. The Kier molecular flexibility index (Phi) is 7.59. The van der Waals surface area contributed by atoms with Gasteiger partial charge in [0.15, 0.2) is 5.82 Å². The van der Waals surface area contributed by atoms with Crippen LogP contribution in [0.5, 0.6) is 5.75 Å². The number of anilines is 1. The molecule has 2 aromatic rings. The molecule has 0 saturated heterocycles. The van der Waals surface area contributed by atoms with Crippen molar-refractivity contribution in [1.29, 1.82) is 0 Å². The lowest BCUT2D eigenvalue weighted by Gasteiger charge is -2.11. The van der Waals surface area contributed by atoms with Gasteiger partial charge in [-0.15, -0.1) is 11.8 Å². The van der Waals surface area contributed by atoms with Gasteiger partial charge in [0.25, 0.3) is 0 Å². The summed E-state index contributed by atoms with van der Waals surface area (Å²) in [5.74, 6) is 0.532. The van der Waals surface area contributed by atoms with Crippen LogP contribution in [0.25, 0.3) is 0 Å². The average Bonchev–Trinajstić information content (AvgIpc) is 3.03. The first-order valence-electron chi connectivity index (χ1n) is 7.99. The van der Waals surface area contributed by atoms with Gasteiger partial charge in [-0.1, -0.05) is 17.3 Å². The van der Waals surface area contributed by atoms with E-state index >= 15 is 0 Å². The van der Waals surface area contributed by atoms with Gasteiger partial charge in [0, 0.05) is 12.6 Å². The van der Waals surface area contributed by atoms with E-state index in [-0.39, 0.29) is 29.9 Å². The van der Waals surface area contributed by atoms with Crippen LogP contribution in [-0.4, -0.2) is 34.6 Å². The van der Waals surface area contributed by atoms with E-state index in [2.05, 4.69) is 20.5 Å². The third kappa shape index (κ3) is 7.26. The first-order valence-corrected chi connectivity index (χ1v) is 9.04. The van der Waals surface area contributed by atoms with Gasteiger partial charge >= 0.3 is 6.61 Å². The quantitative estimate of drug-likeness (QED) is 0.673. The Morgan fingerprint density at radius 2 is 2.00 bits per heavy atom. The highest BCUT2D eigenvalue weighted by molar-refractivity contribution is 8.01. The molecule has 2 rings (SSSR count). The number of nitrogens with zero attached hydrogens (tertiary/aromatic N) is 1. The van der Waals surface area contributed by atoms with Crippen LogP contribution < -0.4 is 15.4 Å². The summed E-state index contributed by atoms with van der Waals surface area (Å²) in [5.41, 5.74) is 0.738. The van der Waals surface area contributed by atoms with Crippen LogP contribution in [0.1, 0.15) is 18.2 Å². The van der Waals surface area contributed by atoms with Crippen LogP contribution in [0.3, 0.4) is 0 Å². The van der Waals surface area contributed by atoms with E-state index in [1.807, 2.05) is 0 Å². The molecule has 0 radical (unpaired) electrons. The van der Waals surface area contributed by atoms with Crippen molar-refractivity contribution in [2.45, 2.75) is 32.3 Å². The molecule has 1 heterocycles. The highest BCUT2D eigenvalue weighted by Crippen LogP contribution is 2.16. The molecule has 7 nitrogen and oxygen atoms in total. The fourth-order valence-corrected chi connectivity index (χ4v) is 2.68. The normalized spacial score (nSPS) is 11.9. The minimum atomic E-state index is -2.87. The molecule has 0 spiro atoms. The van der Waals surface area contributed by atoms with Gasteiger partial charge in [-0.05, 0) is 31.5 Å². The first-order chi connectivity index (χ1) is 12.8. The molecule has 0 unspecified atom stereocenters. The van der Waals surface area contributed by atoms with Gasteiger partial charge in [0.1, 0.15) is 11.5 Å². The molecular formula is C17H19F2N3O4S. The number of carbonyl (C=O) groups is 2. The summed E-state index contributed by atoms with van der Waals surface area (Å²) >= 11 is 1.18. The third-order valence-corrected chi connectivity index (χ3v) is 4.49. The topological polar surface area (TPSA) is 93.5 Å². The number of benzene rings is 1. The van der Waals surface area contributed by atoms with Crippen molar-refractivity contribution in [3.05, 3.63) is 41.7 Å². The predicted octanol–water partition coefficient (Wildman–Crippen LogP) is 2.96. The van der Waals surface area contributed by atoms with E-state index in [1.54, 1.807) is 32.0 Å². The van der Waals surface area contributed by atoms with Crippen molar-refractivity contribution in [1.82, 2.24) is 10.5 Å². The van der Waals surface area contributed by atoms with E-state index in [1.165, 1.54) is 23.9 Å². The van der Waals surface area contributed by atoms with Crippen LogP contribution in [0, 0.1) is 6.92 Å². The zero-order chi connectivity index (χ0) is 19.8. The van der Waals surface area contributed by atoms with Crippen LogP contribution in [0.2, 0.25) is 0 Å². The Hall–Kier alpha value is -2.62. The van der Waals surface area contributed by atoms with Crippen LogP contribution in [0.4, 0.5) is 14.6 Å². The third-order valence-electron chi connectivity index (χ3n) is 3.35. The number of alkyl halides is 2. The molecule has 1 atom stereocenters. The highest BCUT2D eigenvalue weighted by Gasteiger charge is 2.16. The van der Waals surface area contributed by atoms with Crippen LogP contribution in [0.15, 0.2) is 34.9 Å². The van der Waals surface area contributed by atoms with Gasteiger partial charge in [0.2, 0.25) is 11.8 Å². The Balaban J connectivity index is 1.69. The number of aryl methyl sites for hydroxylation is 1. The molecule has 146 valence electrons. The number of thioether (sulfide) groups is 1. The number of hydrogen-bond donors (Lipinski definition) is 2. The Bertz CT molecular complexity index is 768. The number of halogens is 2. The zero-order valence-corrected chi connectivity index (χ0v) is 15.5. The largest absolute Gasteiger partial charge is 0.435 e. The number of amides is 2. The van der Waals surface area contributed by atoms with E-state index in [4.69, 9.17) is 4.52 Å². The molecule has 1 aromatic carbocycles.